The second kappa shape index (κ2) is 38.8. The van der Waals surface area contributed by atoms with E-state index in [0.717, 1.165) is 96.4 Å². The normalized spacial score (nSPS) is 11.9. The average Bonchev–Trinajstić information content (AvgIpc) is 3.18. The van der Waals surface area contributed by atoms with Crippen LogP contribution in [0.4, 0.5) is 0 Å². The first kappa shape index (κ1) is 54.3. The van der Waals surface area contributed by atoms with Crippen molar-refractivity contribution < 1.29 is 38.1 Å². The SMILES string of the molecule is CCCCCCC(CCCCCC)C(=O)OCCCCOCC(C)(COCCCCOC(=O)C(CCCCCC)CCCCCC)C(=O)OCCCCN(C)C. The van der Waals surface area contributed by atoms with Gasteiger partial charge in [-0.15, -0.1) is 0 Å². The van der Waals surface area contributed by atoms with Gasteiger partial charge in [-0.1, -0.05) is 130 Å². The number of unbranched alkanes of at least 4 members (excludes halogenated alkanes) is 15. The van der Waals surface area contributed by atoms with Gasteiger partial charge in [0.25, 0.3) is 0 Å². The summed E-state index contributed by atoms with van der Waals surface area (Å²) >= 11 is 0. The van der Waals surface area contributed by atoms with E-state index in [1.54, 1.807) is 0 Å². The van der Waals surface area contributed by atoms with Gasteiger partial charge in [0.15, 0.2) is 0 Å². The molecule has 0 bridgehead atoms. The van der Waals surface area contributed by atoms with E-state index < -0.39 is 5.41 Å². The van der Waals surface area contributed by atoms with Gasteiger partial charge < -0.3 is 28.6 Å². The van der Waals surface area contributed by atoms with Crippen molar-refractivity contribution in [1.29, 1.82) is 0 Å². The maximum Gasteiger partial charge on any atom is 0.316 e. The number of nitrogens with zero attached hydrogens (tertiary/aromatic N) is 1. The first-order chi connectivity index (χ1) is 27.1. The molecule has 0 saturated heterocycles. The van der Waals surface area contributed by atoms with Crippen molar-refractivity contribution in [3.05, 3.63) is 0 Å². The molecule has 0 aromatic rings. The second-order valence-electron chi connectivity index (χ2n) is 16.9. The minimum atomic E-state index is -0.938. The minimum Gasteiger partial charge on any atom is -0.465 e. The molecule has 0 rings (SSSR count). The van der Waals surface area contributed by atoms with E-state index in [9.17, 15) is 14.4 Å². The Kier molecular flexibility index (Phi) is 37.6. The summed E-state index contributed by atoms with van der Waals surface area (Å²) in [6.45, 7) is 14.1. The van der Waals surface area contributed by atoms with Crippen LogP contribution in [-0.2, 0) is 38.1 Å². The second-order valence-corrected chi connectivity index (χ2v) is 16.9. The fourth-order valence-corrected chi connectivity index (χ4v) is 6.85. The van der Waals surface area contributed by atoms with Gasteiger partial charge in [0.2, 0.25) is 0 Å². The van der Waals surface area contributed by atoms with Crippen molar-refractivity contribution in [2.75, 3.05) is 66.9 Å². The molecule has 0 aromatic heterocycles. The molecule has 0 radical (unpaired) electrons. The molecule has 0 saturated carbocycles. The minimum absolute atomic E-state index is 0.00662. The molecule has 0 aliphatic carbocycles. The summed E-state index contributed by atoms with van der Waals surface area (Å²) in [7, 11) is 4.07. The number of hydrogen-bond donors (Lipinski definition) is 0. The Morgan fingerprint density at radius 1 is 0.446 bits per heavy atom. The van der Waals surface area contributed by atoms with Crippen molar-refractivity contribution in [2.24, 2.45) is 17.3 Å². The molecule has 0 spiro atoms. The fraction of sp³-hybridized carbons (Fsp3) is 0.936. The van der Waals surface area contributed by atoms with Gasteiger partial charge in [-0.2, -0.15) is 0 Å². The molecule has 0 aromatic carbocycles. The van der Waals surface area contributed by atoms with Crippen LogP contribution in [0, 0.1) is 17.3 Å². The van der Waals surface area contributed by atoms with Gasteiger partial charge in [0.05, 0.1) is 44.9 Å². The van der Waals surface area contributed by atoms with Gasteiger partial charge in [-0.05, 0) is 91.8 Å². The van der Waals surface area contributed by atoms with Crippen molar-refractivity contribution in [3.8, 4) is 0 Å². The maximum atomic E-state index is 13.3. The standard InChI is InChI=1S/C47H91NO8/c1-8-12-16-20-30-42(31-21-17-13-9-2)44(49)54-37-28-26-35-52-40-47(5,46(51)56-39-25-24-34-48(6)7)41-53-36-27-29-38-55-45(50)43(32-22-18-14-10-3)33-23-19-15-11-4/h42-43H,8-41H2,1-7H3. The Bertz CT molecular complexity index is 835. The molecule has 0 N–H and O–H groups in total. The Morgan fingerprint density at radius 2 is 0.786 bits per heavy atom. The largest absolute Gasteiger partial charge is 0.465 e. The highest BCUT2D eigenvalue weighted by Gasteiger charge is 2.36. The van der Waals surface area contributed by atoms with Gasteiger partial charge in [0, 0.05) is 13.2 Å². The lowest BCUT2D eigenvalue weighted by Gasteiger charge is -2.27. The third-order valence-corrected chi connectivity index (χ3v) is 10.7. The highest BCUT2D eigenvalue weighted by Crippen LogP contribution is 2.23. The third-order valence-electron chi connectivity index (χ3n) is 10.7. The van der Waals surface area contributed by atoms with Gasteiger partial charge in [0.1, 0.15) is 5.41 Å². The third kappa shape index (κ3) is 31.3. The summed E-state index contributed by atoms with van der Waals surface area (Å²) in [5.41, 5.74) is -0.938. The molecule has 9 heteroatoms. The highest BCUT2D eigenvalue weighted by molar-refractivity contribution is 5.76. The predicted octanol–water partition coefficient (Wildman–Crippen LogP) is 11.7. The number of carbonyl (C=O) groups is 3. The smallest absolute Gasteiger partial charge is 0.316 e. The number of rotatable bonds is 42. The Labute approximate surface area is 345 Å². The molecule has 56 heavy (non-hydrogen) atoms. The number of esters is 3. The highest BCUT2D eigenvalue weighted by atomic mass is 16.5. The average molecular weight is 798 g/mol. The lowest BCUT2D eigenvalue weighted by Crippen LogP contribution is -2.39. The summed E-state index contributed by atoms with van der Waals surface area (Å²) in [5.74, 6) is -0.387. The van der Waals surface area contributed by atoms with Crippen LogP contribution in [0.1, 0.15) is 202 Å². The Balaban J connectivity index is 4.81. The fourth-order valence-electron chi connectivity index (χ4n) is 6.85. The number of hydrogen-bond acceptors (Lipinski definition) is 9. The molecule has 0 fully saturated rings. The molecule has 332 valence electrons. The van der Waals surface area contributed by atoms with E-state index in [0.29, 0.717) is 33.0 Å². The van der Waals surface area contributed by atoms with Crippen LogP contribution in [0.2, 0.25) is 0 Å². The topological polar surface area (TPSA) is 101 Å². The van der Waals surface area contributed by atoms with Gasteiger partial charge in [-0.3, -0.25) is 14.4 Å². The van der Waals surface area contributed by atoms with Crippen molar-refractivity contribution in [2.45, 2.75) is 202 Å². The van der Waals surface area contributed by atoms with Crippen LogP contribution in [0.3, 0.4) is 0 Å². The van der Waals surface area contributed by atoms with E-state index in [4.69, 9.17) is 23.7 Å². The zero-order chi connectivity index (χ0) is 41.5. The van der Waals surface area contributed by atoms with E-state index in [-0.39, 0.29) is 43.0 Å². The van der Waals surface area contributed by atoms with Crippen LogP contribution in [0.15, 0.2) is 0 Å². The van der Waals surface area contributed by atoms with E-state index >= 15 is 0 Å². The van der Waals surface area contributed by atoms with Gasteiger partial charge >= 0.3 is 17.9 Å². The molecule has 0 heterocycles. The molecule has 0 amide bonds. The molecule has 0 atom stereocenters. The molecule has 0 aliphatic heterocycles. The Morgan fingerprint density at radius 3 is 1.14 bits per heavy atom. The molecule has 0 unspecified atom stereocenters. The van der Waals surface area contributed by atoms with Crippen LogP contribution >= 0.6 is 0 Å². The molecular weight excluding hydrogens is 707 g/mol. The Hall–Kier alpha value is -1.71. The molecule has 0 aliphatic rings. The molecular formula is C47H91NO8. The van der Waals surface area contributed by atoms with E-state index in [1.165, 1.54) is 77.0 Å². The first-order valence-electron chi connectivity index (χ1n) is 23.5. The van der Waals surface area contributed by atoms with Crippen molar-refractivity contribution >= 4 is 17.9 Å². The lowest BCUT2D eigenvalue weighted by molar-refractivity contribution is -0.164. The first-order valence-corrected chi connectivity index (χ1v) is 23.5. The maximum absolute atomic E-state index is 13.3. The van der Waals surface area contributed by atoms with Crippen molar-refractivity contribution in [3.63, 3.8) is 0 Å². The summed E-state index contributed by atoms with van der Waals surface area (Å²) in [6.07, 6.45) is 27.1. The monoisotopic (exact) mass is 798 g/mol. The van der Waals surface area contributed by atoms with Crippen LogP contribution < -0.4 is 0 Å². The molecule has 9 nitrogen and oxygen atoms in total. The lowest BCUT2D eigenvalue weighted by atomic mass is 9.93. The zero-order valence-corrected chi connectivity index (χ0v) is 37.9. The predicted molar refractivity (Wildman–Crippen MR) is 231 cm³/mol. The van der Waals surface area contributed by atoms with Gasteiger partial charge in [-0.25, -0.2) is 0 Å². The summed E-state index contributed by atoms with van der Waals surface area (Å²) in [4.78, 5) is 41.3. The number of carbonyl (C=O) groups excluding carboxylic acids is 3. The van der Waals surface area contributed by atoms with E-state index in [2.05, 4.69) is 32.6 Å². The summed E-state index contributed by atoms with van der Waals surface area (Å²) in [6, 6.07) is 0. The summed E-state index contributed by atoms with van der Waals surface area (Å²) < 4.78 is 29.2. The summed E-state index contributed by atoms with van der Waals surface area (Å²) in [5, 5.41) is 0. The van der Waals surface area contributed by atoms with E-state index in [1.807, 2.05) is 21.0 Å². The zero-order valence-electron chi connectivity index (χ0n) is 37.9. The van der Waals surface area contributed by atoms with Crippen LogP contribution in [0.5, 0.6) is 0 Å². The van der Waals surface area contributed by atoms with Crippen LogP contribution in [0.25, 0.3) is 0 Å². The van der Waals surface area contributed by atoms with Crippen molar-refractivity contribution in [1.82, 2.24) is 4.90 Å². The number of ether oxygens (including phenoxy) is 5. The quantitative estimate of drug-likeness (QED) is 0.0339. The van der Waals surface area contributed by atoms with Crippen LogP contribution in [-0.4, -0.2) is 89.7 Å².